The van der Waals surface area contributed by atoms with Gasteiger partial charge in [0, 0.05) is 9.35 Å². The highest BCUT2D eigenvalue weighted by molar-refractivity contribution is 9.10. The van der Waals surface area contributed by atoms with Crippen LogP contribution in [0.15, 0.2) is 46.3 Å². The van der Waals surface area contributed by atoms with Gasteiger partial charge in [-0.2, -0.15) is 0 Å². The fourth-order valence-corrected chi connectivity index (χ4v) is 2.57. The van der Waals surface area contributed by atoms with Crippen molar-refractivity contribution >= 4 is 27.3 Å². The molecule has 84 valence electrons. The Morgan fingerprint density at radius 2 is 1.94 bits per heavy atom. The average Bonchev–Trinajstić information content (AvgIpc) is 2.80. The minimum atomic E-state index is -0.366. The Hall–Kier alpha value is -0.640. The van der Waals surface area contributed by atoms with E-state index in [0.29, 0.717) is 0 Å². The molecule has 1 aromatic carbocycles. The number of benzene rings is 1. The molecule has 1 aromatic heterocycles. The van der Waals surface area contributed by atoms with Crippen LogP contribution in [0.4, 0.5) is 0 Å². The van der Waals surface area contributed by atoms with E-state index in [1.165, 1.54) is 4.88 Å². The lowest BCUT2D eigenvalue weighted by Crippen LogP contribution is -1.98. The standard InChI is InChI=1S/C13H13BrOS/c14-11-5-3-10(4-6-11)13(15)8-7-12-2-1-9-16-12/h1-6,9,13,15H,7-8H2. The number of aryl methyl sites for hydroxylation is 1. The van der Waals surface area contributed by atoms with Crippen LogP contribution in [0.2, 0.25) is 0 Å². The number of aliphatic hydroxyl groups is 1. The van der Waals surface area contributed by atoms with Gasteiger partial charge in [0.15, 0.2) is 0 Å². The van der Waals surface area contributed by atoms with Gasteiger partial charge in [0.2, 0.25) is 0 Å². The van der Waals surface area contributed by atoms with Crippen LogP contribution in [0.5, 0.6) is 0 Å². The summed E-state index contributed by atoms with van der Waals surface area (Å²) in [6.45, 7) is 0. The summed E-state index contributed by atoms with van der Waals surface area (Å²) in [5.74, 6) is 0. The second-order valence-corrected chi connectivity index (χ2v) is 5.63. The van der Waals surface area contributed by atoms with E-state index >= 15 is 0 Å². The van der Waals surface area contributed by atoms with Crippen LogP contribution in [-0.4, -0.2) is 5.11 Å². The molecule has 0 aliphatic carbocycles. The zero-order valence-corrected chi connectivity index (χ0v) is 11.2. The first kappa shape index (κ1) is 11.8. The molecule has 0 saturated heterocycles. The van der Waals surface area contributed by atoms with Crippen LogP contribution in [0, 0.1) is 0 Å². The summed E-state index contributed by atoms with van der Waals surface area (Å²) < 4.78 is 1.04. The molecule has 1 heterocycles. The van der Waals surface area contributed by atoms with E-state index in [1.54, 1.807) is 11.3 Å². The van der Waals surface area contributed by atoms with Crippen molar-refractivity contribution < 1.29 is 5.11 Å². The largest absolute Gasteiger partial charge is 0.388 e. The third-order valence-corrected chi connectivity index (χ3v) is 3.96. The number of hydrogen-bond donors (Lipinski definition) is 1. The van der Waals surface area contributed by atoms with E-state index in [4.69, 9.17) is 0 Å². The molecule has 16 heavy (non-hydrogen) atoms. The summed E-state index contributed by atoms with van der Waals surface area (Å²) >= 11 is 5.13. The Kier molecular flexibility index (Phi) is 4.16. The lowest BCUT2D eigenvalue weighted by atomic mass is 10.0. The predicted octanol–water partition coefficient (Wildman–Crippen LogP) is 4.18. The molecule has 1 unspecified atom stereocenters. The van der Waals surface area contributed by atoms with Crippen molar-refractivity contribution in [1.29, 1.82) is 0 Å². The molecule has 1 nitrogen and oxygen atoms in total. The van der Waals surface area contributed by atoms with E-state index in [1.807, 2.05) is 30.3 Å². The molecule has 1 N–H and O–H groups in total. The number of rotatable bonds is 4. The Bertz CT molecular complexity index is 422. The summed E-state index contributed by atoms with van der Waals surface area (Å²) in [4.78, 5) is 1.33. The van der Waals surface area contributed by atoms with Crippen molar-refractivity contribution in [2.24, 2.45) is 0 Å². The molecule has 0 fully saturated rings. The van der Waals surface area contributed by atoms with E-state index in [0.717, 1.165) is 22.9 Å². The molecule has 2 rings (SSSR count). The number of halogens is 1. The van der Waals surface area contributed by atoms with Crippen molar-refractivity contribution in [3.63, 3.8) is 0 Å². The fourth-order valence-electron chi connectivity index (χ4n) is 1.59. The summed E-state index contributed by atoms with van der Waals surface area (Å²) in [6, 6.07) is 12.0. The molecule has 0 aliphatic heterocycles. The monoisotopic (exact) mass is 296 g/mol. The van der Waals surface area contributed by atoms with Gasteiger partial charge in [-0.1, -0.05) is 34.1 Å². The zero-order chi connectivity index (χ0) is 11.4. The van der Waals surface area contributed by atoms with Crippen molar-refractivity contribution in [2.45, 2.75) is 18.9 Å². The van der Waals surface area contributed by atoms with Crippen LogP contribution in [-0.2, 0) is 6.42 Å². The van der Waals surface area contributed by atoms with Crippen molar-refractivity contribution in [3.05, 3.63) is 56.7 Å². The van der Waals surface area contributed by atoms with Gasteiger partial charge in [0.25, 0.3) is 0 Å². The maximum atomic E-state index is 10.00. The van der Waals surface area contributed by atoms with Gasteiger partial charge in [-0.25, -0.2) is 0 Å². The maximum Gasteiger partial charge on any atom is 0.0793 e. The average molecular weight is 297 g/mol. The van der Waals surface area contributed by atoms with Crippen LogP contribution < -0.4 is 0 Å². The first-order valence-corrected chi connectivity index (χ1v) is 6.89. The van der Waals surface area contributed by atoms with Gasteiger partial charge in [0.05, 0.1) is 6.10 Å². The molecule has 2 aromatic rings. The SMILES string of the molecule is OC(CCc1cccs1)c1ccc(Br)cc1. The number of hydrogen-bond acceptors (Lipinski definition) is 2. The van der Waals surface area contributed by atoms with Crippen LogP contribution in [0.25, 0.3) is 0 Å². The highest BCUT2D eigenvalue weighted by Gasteiger charge is 2.07. The fraction of sp³-hybridized carbons (Fsp3) is 0.231. The minimum absolute atomic E-state index is 0.366. The van der Waals surface area contributed by atoms with Crippen LogP contribution in [0.3, 0.4) is 0 Å². The molecule has 0 saturated carbocycles. The van der Waals surface area contributed by atoms with Gasteiger partial charge >= 0.3 is 0 Å². The summed E-state index contributed by atoms with van der Waals surface area (Å²) in [6.07, 6.45) is 1.35. The van der Waals surface area contributed by atoms with E-state index in [-0.39, 0.29) is 6.10 Å². The highest BCUT2D eigenvalue weighted by atomic mass is 79.9. The predicted molar refractivity (Wildman–Crippen MR) is 71.7 cm³/mol. The lowest BCUT2D eigenvalue weighted by Gasteiger charge is -2.10. The van der Waals surface area contributed by atoms with E-state index in [9.17, 15) is 5.11 Å². The minimum Gasteiger partial charge on any atom is -0.388 e. The smallest absolute Gasteiger partial charge is 0.0793 e. The summed E-state index contributed by atoms with van der Waals surface area (Å²) in [5.41, 5.74) is 0.986. The quantitative estimate of drug-likeness (QED) is 0.897. The summed E-state index contributed by atoms with van der Waals surface area (Å²) in [7, 11) is 0. The Balaban J connectivity index is 1.93. The first-order chi connectivity index (χ1) is 7.75. The summed E-state index contributed by atoms with van der Waals surface area (Å²) in [5, 5.41) is 12.1. The maximum absolute atomic E-state index is 10.00. The van der Waals surface area contributed by atoms with E-state index in [2.05, 4.69) is 27.4 Å². The Morgan fingerprint density at radius 1 is 1.19 bits per heavy atom. The van der Waals surface area contributed by atoms with E-state index < -0.39 is 0 Å². The molecule has 3 heteroatoms. The topological polar surface area (TPSA) is 20.2 Å². The molecule has 0 aliphatic rings. The zero-order valence-electron chi connectivity index (χ0n) is 8.77. The first-order valence-electron chi connectivity index (χ1n) is 5.21. The molecule has 0 spiro atoms. The molecule has 1 atom stereocenters. The van der Waals surface area contributed by atoms with Gasteiger partial charge in [-0.3, -0.25) is 0 Å². The highest BCUT2D eigenvalue weighted by Crippen LogP contribution is 2.22. The third-order valence-electron chi connectivity index (χ3n) is 2.50. The second kappa shape index (κ2) is 5.62. The van der Waals surface area contributed by atoms with Crippen molar-refractivity contribution in [3.8, 4) is 0 Å². The molecule has 0 amide bonds. The second-order valence-electron chi connectivity index (χ2n) is 3.69. The van der Waals surface area contributed by atoms with Gasteiger partial charge in [-0.15, -0.1) is 11.3 Å². The van der Waals surface area contributed by atoms with Gasteiger partial charge in [0.1, 0.15) is 0 Å². The van der Waals surface area contributed by atoms with Gasteiger partial charge in [-0.05, 0) is 42.0 Å². The third kappa shape index (κ3) is 3.17. The Labute approximate surface area is 108 Å². The molecule has 0 bridgehead atoms. The van der Waals surface area contributed by atoms with Crippen LogP contribution in [0.1, 0.15) is 23.0 Å². The number of thiophene rings is 1. The molecular formula is C13H13BrOS. The Morgan fingerprint density at radius 3 is 2.56 bits per heavy atom. The van der Waals surface area contributed by atoms with Crippen molar-refractivity contribution in [2.75, 3.05) is 0 Å². The number of aliphatic hydroxyl groups excluding tert-OH is 1. The van der Waals surface area contributed by atoms with Crippen LogP contribution >= 0.6 is 27.3 Å². The lowest BCUT2D eigenvalue weighted by molar-refractivity contribution is 0.168. The molecular weight excluding hydrogens is 284 g/mol. The molecule has 0 radical (unpaired) electrons. The van der Waals surface area contributed by atoms with Crippen molar-refractivity contribution in [1.82, 2.24) is 0 Å². The van der Waals surface area contributed by atoms with Gasteiger partial charge < -0.3 is 5.11 Å². The normalized spacial score (nSPS) is 12.6.